The number of carbonyl (C=O) groups excluding carboxylic acids is 1. The van der Waals surface area contributed by atoms with Crippen molar-refractivity contribution in [2.45, 2.75) is 32.2 Å². The minimum absolute atomic E-state index is 0.0689. The number of hydrogen-bond acceptors (Lipinski definition) is 2. The van der Waals surface area contributed by atoms with Crippen LogP contribution in [0.1, 0.15) is 26.2 Å². The van der Waals surface area contributed by atoms with Gasteiger partial charge in [-0.05, 0) is 32.1 Å². The summed E-state index contributed by atoms with van der Waals surface area (Å²) in [5, 5.41) is 0. The van der Waals surface area contributed by atoms with E-state index < -0.39 is 0 Å². The zero-order valence-electron chi connectivity index (χ0n) is 6.26. The Balaban J connectivity index is 2.14. The normalized spacial score (nSPS) is 50.6. The van der Waals surface area contributed by atoms with Crippen LogP contribution in [0.3, 0.4) is 0 Å². The maximum Gasteiger partial charge on any atom is 0.136 e. The fourth-order valence-electron chi connectivity index (χ4n) is 2.52. The van der Waals surface area contributed by atoms with E-state index >= 15 is 0 Å². The molecule has 0 bridgehead atoms. The number of carbonyl (C=O) groups is 1. The van der Waals surface area contributed by atoms with Crippen molar-refractivity contribution in [2.75, 3.05) is 0 Å². The van der Waals surface area contributed by atoms with Gasteiger partial charge < -0.3 is 5.73 Å². The molecule has 0 aliphatic heterocycles. The second-order valence-electron chi connectivity index (χ2n) is 3.73. The molecule has 3 atom stereocenters. The molecule has 2 N–H and O–H groups in total. The van der Waals surface area contributed by atoms with Gasteiger partial charge in [-0.2, -0.15) is 0 Å². The molecule has 56 valence electrons. The highest BCUT2D eigenvalue weighted by atomic mass is 16.1. The quantitative estimate of drug-likeness (QED) is 0.581. The molecule has 0 spiro atoms. The lowest BCUT2D eigenvalue weighted by atomic mass is 9.44. The van der Waals surface area contributed by atoms with Gasteiger partial charge in [0.05, 0.1) is 0 Å². The average molecular weight is 139 g/mol. The minimum atomic E-state index is 0.0689. The lowest BCUT2D eigenvalue weighted by molar-refractivity contribution is -0.156. The average Bonchev–Trinajstić information content (AvgIpc) is 1.80. The number of fused-ring (bicyclic) bond motifs is 1. The van der Waals surface area contributed by atoms with Gasteiger partial charge in [0.25, 0.3) is 0 Å². The van der Waals surface area contributed by atoms with Crippen LogP contribution in [0.15, 0.2) is 0 Å². The van der Waals surface area contributed by atoms with E-state index in [2.05, 4.69) is 0 Å². The van der Waals surface area contributed by atoms with Crippen LogP contribution in [0.5, 0.6) is 0 Å². The number of nitrogens with two attached hydrogens (primary N) is 1. The summed E-state index contributed by atoms with van der Waals surface area (Å²) < 4.78 is 0. The van der Waals surface area contributed by atoms with Crippen LogP contribution in [0.25, 0.3) is 0 Å². The highest BCUT2D eigenvalue weighted by Crippen LogP contribution is 2.60. The topological polar surface area (TPSA) is 43.1 Å². The summed E-state index contributed by atoms with van der Waals surface area (Å²) in [5.74, 6) is 0.912. The van der Waals surface area contributed by atoms with E-state index in [1.165, 1.54) is 6.42 Å². The first-order chi connectivity index (χ1) is 4.67. The third-order valence-corrected chi connectivity index (χ3v) is 3.43. The zero-order chi connectivity index (χ0) is 7.35. The first-order valence-electron chi connectivity index (χ1n) is 3.93. The summed E-state index contributed by atoms with van der Waals surface area (Å²) in [6.07, 6.45) is 3.23. The van der Waals surface area contributed by atoms with Crippen LogP contribution in [-0.2, 0) is 4.79 Å². The third kappa shape index (κ3) is 0.473. The molecular formula is C8H13NO. The molecule has 2 aliphatic rings. The molecule has 0 radical (unpaired) electrons. The van der Waals surface area contributed by atoms with Crippen molar-refractivity contribution >= 4 is 5.78 Å². The first kappa shape index (κ1) is 6.35. The molecule has 2 saturated carbocycles. The van der Waals surface area contributed by atoms with Crippen molar-refractivity contribution in [1.82, 2.24) is 0 Å². The summed E-state index contributed by atoms with van der Waals surface area (Å²) in [4.78, 5) is 11.1. The molecule has 2 aliphatic carbocycles. The lowest BCUT2D eigenvalue weighted by Crippen LogP contribution is -2.65. The van der Waals surface area contributed by atoms with Gasteiger partial charge in [-0.3, -0.25) is 4.79 Å². The van der Waals surface area contributed by atoms with Gasteiger partial charge >= 0.3 is 0 Å². The Morgan fingerprint density at radius 1 is 1.70 bits per heavy atom. The SMILES string of the molecule is CC(=O)C12CCC1C(N)C2. The number of Topliss-reactive ketones (excluding diaryl/α,β-unsaturated/α-hetero) is 1. The van der Waals surface area contributed by atoms with E-state index in [0.29, 0.717) is 17.7 Å². The van der Waals surface area contributed by atoms with E-state index in [1.54, 1.807) is 6.92 Å². The third-order valence-electron chi connectivity index (χ3n) is 3.43. The summed E-state index contributed by atoms with van der Waals surface area (Å²) in [7, 11) is 0. The summed E-state index contributed by atoms with van der Waals surface area (Å²) >= 11 is 0. The summed E-state index contributed by atoms with van der Waals surface area (Å²) in [6.45, 7) is 1.71. The lowest BCUT2D eigenvalue weighted by Gasteiger charge is -2.60. The van der Waals surface area contributed by atoms with Crippen LogP contribution in [0.2, 0.25) is 0 Å². The standard InChI is InChI=1S/C8H13NO/c1-5(10)8-3-2-6(8)7(9)4-8/h6-7H,2-4,9H2,1H3. The van der Waals surface area contributed by atoms with Gasteiger partial charge in [-0.25, -0.2) is 0 Å². The second kappa shape index (κ2) is 1.62. The molecule has 2 heteroatoms. The molecule has 0 aromatic rings. The van der Waals surface area contributed by atoms with Crippen LogP contribution < -0.4 is 5.73 Å². The Bertz CT molecular complexity index is 190. The van der Waals surface area contributed by atoms with Crippen LogP contribution in [0.4, 0.5) is 0 Å². The maximum absolute atomic E-state index is 11.1. The van der Waals surface area contributed by atoms with Crippen molar-refractivity contribution in [3.63, 3.8) is 0 Å². The Kier molecular flexibility index (Phi) is 1.03. The Hall–Kier alpha value is -0.370. The highest BCUT2D eigenvalue weighted by molar-refractivity contribution is 5.85. The smallest absolute Gasteiger partial charge is 0.136 e. The molecule has 0 aromatic heterocycles. The maximum atomic E-state index is 11.1. The van der Waals surface area contributed by atoms with Crippen molar-refractivity contribution in [1.29, 1.82) is 0 Å². The van der Waals surface area contributed by atoms with Crippen LogP contribution in [-0.4, -0.2) is 11.8 Å². The van der Waals surface area contributed by atoms with Gasteiger partial charge in [0.1, 0.15) is 5.78 Å². The fraction of sp³-hybridized carbons (Fsp3) is 0.875. The monoisotopic (exact) mass is 139 g/mol. The molecule has 3 unspecified atom stereocenters. The Labute approximate surface area is 60.8 Å². The molecule has 2 nitrogen and oxygen atoms in total. The van der Waals surface area contributed by atoms with Gasteiger partial charge in [-0.1, -0.05) is 0 Å². The largest absolute Gasteiger partial charge is 0.327 e. The number of rotatable bonds is 1. The number of ketones is 1. The van der Waals surface area contributed by atoms with Crippen LogP contribution >= 0.6 is 0 Å². The minimum Gasteiger partial charge on any atom is -0.327 e. The van der Waals surface area contributed by atoms with Gasteiger partial charge in [0.15, 0.2) is 0 Å². The van der Waals surface area contributed by atoms with E-state index in [0.717, 1.165) is 12.8 Å². The van der Waals surface area contributed by atoms with E-state index in [1.807, 2.05) is 0 Å². The van der Waals surface area contributed by atoms with Crippen molar-refractivity contribution in [3.8, 4) is 0 Å². The Morgan fingerprint density at radius 3 is 2.50 bits per heavy atom. The van der Waals surface area contributed by atoms with Crippen LogP contribution in [0, 0.1) is 11.3 Å². The van der Waals surface area contributed by atoms with E-state index in [9.17, 15) is 4.79 Å². The molecule has 0 heterocycles. The summed E-state index contributed by atoms with van der Waals surface area (Å²) in [5.41, 5.74) is 5.80. The molecular weight excluding hydrogens is 126 g/mol. The first-order valence-corrected chi connectivity index (χ1v) is 3.93. The predicted octanol–water partition coefficient (Wildman–Crippen LogP) is 0.703. The molecule has 2 rings (SSSR count). The van der Waals surface area contributed by atoms with Crippen molar-refractivity contribution in [3.05, 3.63) is 0 Å². The second-order valence-corrected chi connectivity index (χ2v) is 3.73. The van der Waals surface area contributed by atoms with Gasteiger partial charge in [0, 0.05) is 11.5 Å². The zero-order valence-corrected chi connectivity index (χ0v) is 6.26. The van der Waals surface area contributed by atoms with Crippen molar-refractivity contribution < 1.29 is 4.79 Å². The molecule has 10 heavy (non-hydrogen) atoms. The molecule has 0 amide bonds. The predicted molar refractivity (Wildman–Crippen MR) is 38.4 cm³/mol. The molecule has 2 fully saturated rings. The number of hydrogen-bond donors (Lipinski definition) is 1. The highest BCUT2D eigenvalue weighted by Gasteiger charge is 2.61. The molecule has 0 aromatic carbocycles. The van der Waals surface area contributed by atoms with E-state index in [4.69, 9.17) is 5.73 Å². The fourth-order valence-corrected chi connectivity index (χ4v) is 2.52. The van der Waals surface area contributed by atoms with Crippen molar-refractivity contribution in [2.24, 2.45) is 17.1 Å². The molecule has 0 saturated heterocycles. The summed E-state index contributed by atoms with van der Waals surface area (Å²) in [6, 6.07) is 0.331. The van der Waals surface area contributed by atoms with Gasteiger partial charge in [0.2, 0.25) is 0 Å². The van der Waals surface area contributed by atoms with Gasteiger partial charge in [-0.15, -0.1) is 0 Å². The Morgan fingerprint density at radius 2 is 2.40 bits per heavy atom. The van der Waals surface area contributed by atoms with E-state index in [-0.39, 0.29) is 5.41 Å².